The Balaban J connectivity index is 1.53. The van der Waals surface area contributed by atoms with Crippen LogP contribution in [0.25, 0.3) is 5.76 Å². The third kappa shape index (κ3) is 5.48. The first-order valence-corrected chi connectivity index (χ1v) is 20.9. The number of ketones is 2. The number of carbonyl (C=O) groups is 3. The number of amides is 1. The number of benzene rings is 1. The number of anilines is 1. The Labute approximate surface area is 296 Å². The number of aliphatic hydroxyl groups is 1. The van der Waals surface area contributed by atoms with Crippen LogP contribution in [-0.4, -0.2) is 92.3 Å². The second kappa shape index (κ2) is 12.7. The summed E-state index contributed by atoms with van der Waals surface area (Å²) in [4.78, 5) is 48.2. The van der Waals surface area contributed by atoms with Gasteiger partial charge in [0.2, 0.25) is 17.5 Å². The molecule has 0 radical (unpaired) electrons. The zero-order valence-electron chi connectivity index (χ0n) is 31.6. The average Bonchev–Trinajstić information content (AvgIpc) is 3.26. The Morgan fingerprint density at radius 2 is 1.84 bits per heavy atom. The number of fused-ring (bicyclic) bond motifs is 4. The predicted octanol–water partition coefficient (Wildman–Crippen LogP) is 6.40. The number of hydrogen-bond acceptors (Lipinski definition) is 10. The lowest BCUT2D eigenvalue weighted by Crippen LogP contribution is -2.68. The minimum Gasteiger partial charge on any atom is -0.507 e. The van der Waals surface area contributed by atoms with E-state index in [9.17, 15) is 14.7 Å². The summed E-state index contributed by atoms with van der Waals surface area (Å²) in [6.07, 6.45) is 4.69. The Hall–Kier alpha value is -3.32. The molecule has 5 atom stereocenters. The fourth-order valence-corrected chi connectivity index (χ4v) is 10.1. The summed E-state index contributed by atoms with van der Waals surface area (Å²) in [5.74, 6) is -1.27. The van der Waals surface area contributed by atoms with Crippen molar-refractivity contribution in [3.63, 3.8) is 0 Å². The minimum atomic E-state index is -2.79. The molecule has 1 aromatic carbocycles. The maximum atomic E-state index is 15.4. The molecular weight excluding hydrogens is 653 g/mol. The molecule has 2 heterocycles. The number of methoxy groups -OCH3 is 1. The third-order valence-electron chi connectivity index (χ3n) is 12.3. The van der Waals surface area contributed by atoms with Gasteiger partial charge >= 0.3 is 0 Å². The van der Waals surface area contributed by atoms with Crippen molar-refractivity contribution >= 4 is 37.2 Å². The molecule has 4 aliphatic rings. The van der Waals surface area contributed by atoms with Gasteiger partial charge in [0.15, 0.2) is 19.7 Å². The number of likely N-dealkylation sites (N-methyl/N-ethyl adjacent to an activating group) is 1. The number of hydrogen-bond donors (Lipinski definition) is 2. The molecule has 1 aromatic heterocycles. The molecule has 0 bridgehead atoms. The summed E-state index contributed by atoms with van der Waals surface area (Å²) in [5.41, 5.74) is 1.41. The Bertz CT molecular complexity index is 1770. The standard InChI is InChI=1S/C38H54N4O7Si/c1-20-25(39-36(46)26-15-13-12-14-16-42(26)8)19-27(47-9)23-17-22-18-24-31(41(6)7)33-29(21(2)40-48-33)34(44)38(24,49-50(10,11)37(3,4)5)35(45)30(22)32(43)28(20)23/h19,22,24,26,31,43H,12-18H2,1-11H3,(H,39,46)/t22-,24-,26?,31-,38+/m0/s1. The molecule has 2 aromatic rings. The lowest BCUT2D eigenvalue weighted by atomic mass is 9.57. The van der Waals surface area contributed by atoms with Crippen LogP contribution < -0.4 is 10.1 Å². The van der Waals surface area contributed by atoms with E-state index < -0.39 is 43.4 Å². The van der Waals surface area contributed by atoms with Crippen LogP contribution in [0.2, 0.25) is 18.1 Å². The van der Waals surface area contributed by atoms with Crippen LogP contribution in [0.4, 0.5) is 5.69 Å². The van der Waals surface area contributed by atoms with Gasteiger partial charge in [-0.1, -0.05) is 38.8 Å². The highest BCUT2D eigenvalue weighted by Gasteiger charge is 2.68. The lowest BCUT2D eigenvalue weighted by Gasteiger charge is -2.55. The fraction of sp³-hybridized carbons (Fsp3) is 0.632. The minimum absolute atomic E-state index is 0.110. The van der Waals surface area contributed by atoms with Crippen molar-refractivity contribution in [3.8, 4) is 5.75 Å². The second-order valence-electron chi connectivity index (χ2n) is 16.6. The molecule has 12 heteroatoms. The molecule has 50 heavy (non-hydrogen) atoms. The highest BCUT2D eigenvalue weighted by atomic mass is 28.4. The number of carbonyl (C=O) groups excluding carboxylic acids is 3. The SMILES string of the molecule is COc1cc(NC(=O)C2CCCCCN2C)c(C)c2c1C[C@H]1C[C@H]3[C@H](N(C)C)c4onc(C)c4C(=O)[C@@]3(O[Si](C)(C)C(C)(C)C)C(=O)C1=C2O. The molecule has 3 aliphatic carbocycles. The predicted molar refractivity (Wildman–Crippen MR) is 194 cm³/mol. The lowest BCUT2D eigenvalue weighted by molar-refractivity contribution is -0.140. The van der Waals surface area contributed by atoms with Gasteiger partial charge in [-0.05, 0) is 96.8 Å². The molecular formula is C38H54N4O7Si. The molecule has 0 spiro atoms. The van der Waals surface area contributed by atoms with Gasteiger partial charge in [-0.2, -0.15) is 0 Å². The number of aromatic nitrogens is 1. The fourth-order valence-electron chi connectivity index (χ4n) is 8.63. The molecule has 1 amide bonds. The first-order valence-electron chi connectivity index (χ1n) is 17.9. The molecule has 2 N–H and O–H groups in total. The van der Waals surface area contributed by atoms with Crippen LogP contribution in [0.15, 0.2) is 16.2 Å². The highest BCUT2D eigenvalue weighted by Crippen LogP contribution is 2.58. The van der Waals surface area contributed by atoms with E-state index in [-0.39, 0.29) is 33.9 Å². The molecule has 1 saturated heterocycles. The Morgan fingerprint density at radius 3 is 2.48 bits per heavy atom. The number of nitrogens with zero attached hydrogens (tertiary/aromatic N) is 3. The van der Waals surface area contributed by atoms with Crippen molar-refractivity contribution in [2.75, 3.05) is 40.1 Å². The third-order valence-corrected chi connectivity index (χ3v) is 16.8. The van der Waals surface area contributed by atoms with Crippen molar-refractivity contribution in [2.45, 2.75) is 109 Å². The first kappa shape index (κ1) is 36.5. The van der Waals surface area contributed by atoms with Crippen molar-refractivity contribution in [3.05, 3.63) is 45.3 Å². The monoisotopic (exact) mass is 706 g/mol. The topological polar surface area (TPSA) is 134 Å². The van der Waals surface area contributed by atoms with Gasteiger partial charge in [-0.25, -0.2) is 0 Å². The van der Waals surface area contributed by atoms with Crippen LogP contribution in [0.1, 0.15) is 97.4 Å². The van der Waals surface area contributed by atoms with E-state index in [4.69, 9.17) is 13.7 Å². The van der Waals surface area contributed by atoms with Crippen molar-refractivity contribution in [1.29, 1.82) is 0 Å². The largest absolute Gasteiger partial charge is 0.507 e. The van der Waals surface area contributed by atoms with Gasteiger partial charge in [0.1, 0.15) is 11.5 Å². The van der Waals surface area contributed by atoms with Gasteiger partial charge < -0.3 is 24.1 Å². The maximum Gasteiger partial charge on any atom is 0.241 e. The smallest absolute Gasteiger partial charge is 0.241 e. The number of ether oxygens (including phenoxy) is 1. The van der Waals surface area contributed by atoms with E-state index in [1.807, 2.05) is 52.1 Å². The van der Waals surface area contributed by atoms with E-state index in [1.165, 1.54) is 0 Å². The number of likely N-dealkylation sites (tertiary alicyclic amines) is 1. The molecule has 1 aliphatic heterocycles. The summed E-state index contributed by atoms with van der Waals surface area (Å²) in [6.45, 7) is 14.8. The van der Waals surface area contributed by atoms with Crippen molar-refractivity contribution < 1.29 is 33.2 Å². The Kier molecular flexibility index (Phi) is 9.27. The van der Waals surface area contributed by atoms with E-state index in [2.05, 4.69) is 36.1 Å². The summed E-state index contributed by atoms with van der Waals surface area (Å²) in [5, 5.41) is 19.3. The second-order valence-corrected chi connectivity index (χ2v) is 21.3. The van der Waals surface area contributed by atoms with Gasteiger partial charge in [0.25, 0.3) is 0 Å². The van der Waals surface area contributed by atoms with Gasteiger partial charge in [-0.3, -0.25) is 24.2 Å². The number of aliphatic hydroxyl groups excluding tert-OH is 1. The number of nitrogens with one attached hydrogen (secondary N) is 1. The van der Waals surface area contributed by atoms with Gasteiger partial charge in [0, 0.05) is 34.4 Å². The molecule has 2 fully saturated rings. The van der Waals surface area contributed by atoms with Crippen LogP contribution in [-0.2, 0) is 20.4 Å². The summed E-state index contributed by atoms with van der Waals surface area (Å²) in [7, 11) is 4.59. The quantitative estimate of drug-likeness (QED) is 0.257. The maximum absolute atomic E-state index is 15.4. The zero-order chi connectivity index (χ0) is 36.7. The van der Waals surface area contributed by atoms with Crippen LogP contribution in [0, 0.1) is 25.7 Å². The number of aryl methyl sites for hydroxylation is 1. The molecule has 1 saturated carbocycles. The van der Waals surface area contributed by atoms with Crippen LogP contribution in [0.5, 0.6) is 5.75 Å². The number of rotatable bonds is 6. The van der Waals surface area contributed by atoms with Crippen LogP contribution >= 0.6 is 0 Å². The van der Waals surface area contributed by atoms with Crippen LogP contribution in [0.3, 0.4) is 0 Å². The van der Waals surface area contributed by atoms with Gasteiger partial charge in [-0.15, -0.1) is 0 Å². The summed E-state index contributed by atoms with van der Waals surface area (Å²) >= 11 is 0. The number of Topliss-reactive ketones (excluding diaryl/α,β-unsaturated/α-hetero) is 2. The van der Waals surface area contributed by atoms with Crippen molar-refractivity contribution in [2.24, 2.45) is 11.8 Å². The molecule has 272 valence electrons. The summed E-state index contributed by atoms with van der Waals surface area (Å²) in [6, 6.07) is 1.09. The highest BCUT2D eigenvalue weighted by molar-refractivity contribution is 6.74. The van der Waals surface area contributed by atoms with Gasteiger partial charge in [0.05, 0.1) is 30.5 Å². The zero-order valence-corrected chi connectivity index (χ0v) is 32.6. The molecule has 6 rings (SSSR count). The van der Waals surface area contributed by atoms with E-state index in [0.717, 1.165) is 37.8 Å². The average molecular weight is 707 g/mol. The van der Waals surface area contributed by atoms with E-state index in [1.54, 1.807) is 14.0 Å². The normalized spacial score (nSPS) is 27.4. The van der Waals surface area contributed by atoms with Crippen molar-refractivity contribution in [1.82, 2.24) is 15.0 Å². The molecule has 11 nitrogen and oxygen atoms in total. The Morgan fingerprint density at radius 1 is 1.14 bits per heavy atom. The first-order chi connectivity index (χ1) is 23.4. The molecule has 1 unspecified atom stereocenters. The van der Waals surface area contributed by atoms with E-state index in [0.29, 0.717) is 46.9 Å². The van der Waals surface area contributed by atoms with E-state index >= 15 is 4.79 Å². The summed E-state index contributed by atoms with van der Waals surface area (Å²) < 4.78 is 18.9.